The number of aliphatic carboxylic acids is 2. The number of nitrogens with zero attached hydrogens (tertiary/aromatic N) is 3. The second kappa shape index (κ2) is 11.7. The number of hydrogen-bond acceptors (Lipinski definition) is 9. The zero-order chi connectivity index (χ0) is 31.7. The van der Waals surface area contributed by atoms with Gasteiger partial charge in [0.15, 0.2) is 0 Å². The molecule has 0 fully saturated rings. The van der Waals surface area contributed by atoms with Gasteiger partial charge in [-0.25, -0.2) is 29.1 Å². The van der Waals surface area contributed by atoms with E-state index < -0.39 is 28.8 Å². The van der Waals surface area contributed by atoms with E-state index in [0.717, 1.165) is 17.3 Å². The summed E-state index contributed by atoms with van der Waals surface area (Å²) in [6, 6.07) is 25.8. The summed E-state index contributed by atoms with van der Waals surface area (Å²) in [5.74, 6) is -2.72. The molecule has 0 radical (unpaired) electrons. The Morgan fingerprint density at radius 1 is 0.733 bits per heavy atom. The highest BCUT2D eigenvalue weighted by atomic mass is 16.4. The van der Waals surface area contributed by atoms with Gasteiger partial charge >= 0.3 is 23.2 Å². The number of anilines is 1. The Balaban J connectivity index is 1.20. The first-order valence-corrected chi connectivity index (χ1v) is 13.6. The molecule has 0 saturated heterocycles. The standard InChI is InChI=1S/C34H23N3O8/c1-37(23-13-6-19(7-14-23)16-26(31(38)39)32(40)41)18-20-8-15-28-25(17-20)34(43)45-30(36-28)22-11-9-21(10-12-22)29-35-27-5-3-2-4-24(27)33(42)44-29/h2-17H,18H2,1H3,(H,38,39)(H,40,41). The largest absolute Gasteiger partial charge is 0.477 e. The summed E-state index contributed by atoms with van der Waals surface area (Å²) in [7, 11) is 1.85. The Kier molecular flexibility index (Phi) is 7.49. The molecule has 6 rings (SSSR count). The molecule has 0 aliphatic rings. The molecule has 11 nitrogen and oxygen atoms in total. The van der Waals surface area contributed by atoms with E-state index in [1.165, 1.54) is 0 Å². The molecule has 0 aliphatic heterocycles. The number of benzene rings is 4. The number of fused-ring (bicyclic) bond motifs is 2. The average Bonchev–Trinajstić information content (AvgIpc) is 3.04. The molecular weight excluding hydrogens is 578 g/mol. The maximum Gasteiger partial charge on any atom is 0.347 e. The van der Waals surface area contributed by atoms with Crippen LogP contribution >= 0.6 is 0 Å². The molecule has 222 valence electrons. The maximum atomic E-state index is 13.0. The zero-order valence-electron chi connectivity index (χ0n) is 23.6. The van der Waals surface area contributed by atoms with Crippen molar-refractivity contribution >= 4 is 45.5 Å². The average molecular weight is 602 g/mol. The maximum absolute atomic E-state index is 13.0. The van der Waals surface area contributed by atoms with Crippen molar-refractivity contribution < 1.29 is 28.6 Å². The monoisotopic (exact) mass is 601 g/mol. The van der Waals surface area contributed by atoms with Crippen LogP contribution in [0.4, 0.5) is 5.69 Å². The van der Waals surface area contributed by atoms with Crippen LogP contribution in [0.1, 0.15) is 11.1 Å². The third-order valence-electron chi connectivity index (χ3n) is 7.13. The van der Waals surface area contributed by atoms with Gasteiger partial charge < -0.3 is 23.9 Å². The first kappa shape index (κ1) is 28.7. The Labute approximate surface area is 254 Å². The zero-order valence-corrected chi connectivity index (χ0v) is 23.6. The molecule has 0 spiro atoms. The van der Waals surface area contributed by atoms with Crippen LogP contribution in [0, 0.1) is 0 Å². The van der Waals surface area contributed by atoms with E-state index >= 15 is 0 Å². The lowest BCUT2D eigenvalue weighted by atomic mass is 10.1. The van der Waals surface area contributed by atoms with Crippen LogP contribution in [-0.2, 0) is 16.1 Å². The van der Waals surface area contributed by atoms with Crippen LogP contribution in [-0.4, -0.2) is 39.2 Å². The highest BCUT2D eigenvalue weighted by Gasteiger charge is 2.16. The van der Waals surface area contributed by atoms with Crippen molar-refractivity contribution in [2.24, 2.45) is 0 Å². The third kappa shape index (κ3) is 5.95. The lowest BCUT2D eigenvalue weighted by Gasteiger charge is -2.20. The van der Waals surface area contributed by atoms with Crippen LogP contribution in [0.3, 0.4) is 0 Å². The van der Waals surface area contributed by atoms with Gasteiger partial charge in [-0.05, 0) is 77.9 Å². The predicted octanol–water partition coefficient (Wildman–Crippen LogP) is 5.21. The fraction of sp³-hybridized carbons (Fsp3) is 0.0588. The van der Waals surface area contributed by atoms with E-state index in [0.29, 0.717) is 45.0 Å². The minimum atomic E-state index is -1.52. The molecule has 2 aromatic heterocycles. The Morgan fingerprint density at radius 2 is 1.29 bits per heavy atom. The number of carboxylic acid groups (broad SMARTS) is 2. The summed E-state index contributed by atoms with van der Waals surface area (Å²) in [5, 5.41) is 18.8. The fourth-order valence-electron chi connectivity index (χ4n) is 4.81. The minimum Gasteiger partial charge on any atom is -0.477 e. The number of carboxylic acids is 2. The van der Waals surface area contributed by atoms with E-state index in [2.05, 4.69) is 9.97 Å². The highest BCUT2D eigenvalue weighted by molar-refractivity contribution is 6.16. The number of carbonyl (C=O) groups is 2. The predicted molar refractivity (Wildman–Crippen MR) is 167 cm³/mol. The molecule has 0 aliphatic carbocycles. The van der Waals surface area contributed by atoms with Gasteiger partial charge in [0.1, 0.15) is 5.57 Å². The van der Waals surface area contributed by atoms with Crippen LogP contribution in [0.15, 0.2) is 115 Å². The van der Waals surface area contributed by atoms with Crippen molar-refractivity contribution in [3.05, 3.63) is 129 Å². The molecular formula is C34H23N3O8. The Hall–Kier alpha value is -6.36. The summed E-state index contributed by atoms with van der Waals surface area (Å²) in [6.45, 7) is 0.433. The van der Waals surface area contributed by atoms with E-state index in [9.17, 15) is 19.2 Å². The summed E-state index contributed by atoms with van der Waals surface area (Å²) in [4.78, 5) is 58.5. The van der Waals surface area contributed by atoms with E-state index in [1.807, 2.05) is 18.0 Å². The second-order valence-electron chi connectivity index (χ2n) is 10.2. The molecule has 0 unspecified atom stereocenters. The van der Waals surface area contributed by atoms with Crippen LogP contribution in [0.25, 0.3) is 50.8 Å². The summed E-state index contributed by atoms with van der Waals surface area (Å²) < 4.78 is 11.0. The smallest absolute Gasteiger partial charge is 0.347 e. The molecule has 4 aromatic carbocycles. The summed E-state index contributed by atoms with van der Waals surface area (Å²) >= 11 is 0. The molecule has 0 bridgehead atoms. The number of aromatic nitrogens is 2. The number of para-hydroxylation sites is 1. The van der Waals surface area contributed by atoms with Gasteiger partial charge in [-0.15, -0.1) is 0 Å². The molecule has 0 atom stereocenters. The SMILES string of the molecule is CN(Cc1ccc2nc(-c3ccc(-c4nc5ccccc5c(=O)o4)cc3)oc(=O)c2c1)c1ccc(C=C(C(=O)O)C(=O)O)cc1. The number of rotatable bonds is 8. The number of hydrogen-bond donors (Lipinski definition) is 2. The van der Waals surface area contributed by atoms with Gasteiger partial charge in [0.2, 0.25) is 11.8 Å². The van der Waals surface area contributed by atoms with Crippen molar-refractivity contribution in [2.45, 2.75) is 6.54 Å². The van der Waals surface area contributed by atoms with Crippen molar-refractivity contribution in [2.75, 3.05) is 11.9 Å². The van der Waals surface area contributed by atoms with Crippen molar-refractivity contribution in [1.82, 2.24) is 9.97 Å². The van der Waals surface area contributed by atoms with E-state index in [-0.39, 0.29) is 11.8 Å². The van der Waals surface area contributed by atoms with E-state index in [1.54, 1.807) is 84.9 Å². The second-order valence-corrected chi connectivity index (χ2v) is 10.2. The highest BCUT2D eigenvalue weighted by Crippen LogP contribution is 2.25. The Morgan fingerprint density at radius 3 is 1.89 bits per heavy atom. The van der Waals surface area contributed by atoms with Crippen molar-refractivity contribution in [3.63, 3.8) is 0 Å². The van der Waals surface area contributed by atoms with Crippen LogP contribution in [0.5, 0.6) is 0 Å². The van der Waals surface area contributed by atoms with Crippen molar-refractivity contribution in [1.29, 1.82) is 0 Å². The van der Waals surface area contributed by atoms with Crippen LogP contribution < -0.4 is 16.2 Å². The van der Waals surface area contributed by atoms with Gasteiger partial charge in [0, 0.05) is 30.4 Å². The van der Waals surface area contributed by atoms with Crippen molar-refractivity contribution in [3.8, 4) is 22.9 Å². The van der Waals surface area contributed by atoms with Gasteiger partial charge in [-0.1, -0.05) is 30.3 Å². The van der Waals surface area contributed by atoms with Gasteiger partial charge in [0.05, 0.1) is 21.8 Å². The lowest BCUT2D eigenvalue weighted by Crippen LogP contribution is -2.16. The molecule has 2 heterocycles. The first-order valence-electron chi connectivity index (χ1n) is 13.6. The summed E-state index contributed by atoms with van der Waals surface area (Å²) in [6.07, 6.45) is 1.09. The topological polar surface area (TPSA) is 164 Å². The first-order chi connectivity index (χ1) is 21.7. The van der Waals surface area contributed by atoms with E-state index in [4.69, 9.17) is 19.0 Å². The molecule has 11 heteroatoms. The van der Waals surface area contributed by atoms with Gasteiger partial charge in [-0.3, -0.25) is 0 Å². The third-order valence-corrected chi connectivity index (χ3v) is 7.13. The molecule has 45 heavy (non-hydrogen) atoms. The normalized spacial score (nSPS) is 11.0. The van der Waals surface area contributed by atoms with Crippen LogP contribution in [0.2, 0.25) is 0 Å². The molecule has 0 amide bonds. The molecule has 0 saturated carbocycles. The fourth-order valence-corrected chi connectivity index (χ4v) is 4.81. The van der Waals surface area contributed by atoms with Gasteiger partial charge in [0.25, 0.3) is 0 Å². The quantitative estimate of drug-likeness (QED) is 0.134. The molecule has 6 aromatic rings. The van der Waals surface area contributed by atoms with Gasteiger partial charge in [-0.2, -0.15) is 0 Å². The Bertz CT molecular complexity index is 2240. The minimum absolute atomic E-state index is 0.139. The molecule has 2 N–H and O–H groups in total. The lowest BCUT2D eigenvalue weighted by molar-refractivity contribution is -0.140. The summed E-state index contributed by atoms with van der Waals surface area (Å²) in [5.41, 5.74) is 2.42.